The molecule has 1 aromatic carbocycles. The number of carboxylic acid groups (broad SMARTS) is 1. The summed E-state index contributed by atoms with van der Waals surface area (Å²) in [6.07, 6.45) is 0.334. The first-order valence-corrected chi connectivity index (χ1v) is 8.40. The Labute approximate surface area is 147 Å². The molecule has 1 aliphatic rings. The van der Waals surface area contributed by atoms with E-state index < -0.39 is 23.7 Å². The van der Waals surface area contributed by atoms with Crippen molar-refractivity contribution in [2.45, 2.75) is 57.9 Å². The predicted octanol–water partition coefficient (Wildman–Crippen LogP) is 2.56. The summed E-state index contributed by atoms with van der Waals surface area (Å²) in [5.41, 5.74) is 3.28. The van der Waals surface area contributed by atoms with Crippen LogP contribution in [0.15, 0.2) is 30.3 Å². The molecule has 0 saturated carbocycles. The van der Waals surface area contributed by atoms with E-state index in [4.69, 9.17) is 9.57 Å². The van der Waals surface area contributed by atoms with Gasteiger partial charge in [-0.25, -0.2) is 9.59 Å². The standard InChI is InChI=1S/C18H26N2O5/c1-18(2,3)25-17(23)20-11-14(9-10-15(20)16(21)22)19-24-12-13-7-5-4-6-8-13/h4-8,14-15,19H,9-12H2,1-3H3,(H,21,22)/t14-,15+/m0/s1. The van der Waals surface area contributed by atoms with E-state index in [-0.39, 0.29) is 12.6 Å². The van der Waals surface area contributed by atoms with Crippen molar-refractivity contribution in [2.24, 2.45) is 0 Å². The predicted molar refractivity (Wildman–Crippen MR) is 91.8 cm³/mol. The van der Waals surface area contributed by atoms with E-state index in [1.165, 1.54) is 4.90 Å². The van der Waals surface area contributed by atoms with Crippen LogP contribution in [0.3, 0.4) is 0 Å². The molecule has 138 valence electrons. The third kappa shape index (κ3) is 6.03. The van der Waals surface area contributed by atoms with Gasteiger partial charge >= 0.3 is 12.1 Å². The molecule has 2 atom stereocenters. The summed E-state index contributed by atoms with van der Waals surface area (Å²) in [5.74, 6) is -1.02. The number of carbonyl (C=O) groups excluding carboxylic acids is 1. The number of hydrogen-bond donors (Lipinski definition) is 2. The number of nitrogens with one attached hydrogen (secondary N) is 1. The van der Waals surface area contributed by atoms with Crippen molar-refractivity contribution in [1.29, 1.82) is 0 Å². The molecule has 1 heterocycles. The molecule has 2 rings (SSSR count). The third-order valence-electron chi connectivity index (χ3n) is 3.83. The van der Waals surface area contributed by atoms with Crippen LogP contribution in [0.25, 0.3) is 0 Å². The number of amides is 1. The number of hydroxylamine groups is 1. The molecule has 1 amide bonds. The van der Waals surface area contributed by atoms with Crippen molar-refractivity contribution in [1.82, 2.24) is 10.4 Å². The lowest BCUT2D eigenvalue weighted by Gasteiger charge is -2.38. The van der Waals surface area contributed by atoms with Crippen molar-refractivity contribution in [3.63, 3.8) is 0 Å². The van der Waals surface area contributed by atoms with Gasteiger partial charge in [-0.15, -0.1) is 0 Å². The van der Waals surface area contributed by atoms with Crippen molar-refractivity contribution in [3.05, 3.63) is 35.9 Å². The Bertz CT molecular complexity index is 585. The van der Waals surface area contributed by atoms with Crippen LogP contribution in [-0.4, -0.2) is 46.3 Å². The van der Waals surface area contributed by atoms with Crippen molar-refractivity contribution in [3.8, 4) is 0 Å². The van der Waals surface area contributed by atoms with E-state index in [0.717, 1.165) is 5.56 Å². The lowest BCUT2D eigenvalue weighted by atomic mass is 9.99. The number of carboxylic acids is 1. The molecule has 0 radical (unpaired) electrons. The van der Waals surface area contributed by atoms with Crippen LogP contribution in [0.4, 0.5) is 4.79 Å². The van der Waals surface area contributed by atoms with Crippen molar-refractivity contribution < 1.29 is 24.3 Å². The van der Waals surface area contributed by atoms with Gasteiger partial charge < -0.3 is 9.84 Å². The molecule has 0 aliphatic carbocycles. The summed E-state index contributed by atoms with van der Waals surface area (Å²) in [5, 5.41) is 9.37. The Balaban J connectivity index is 1.91. The number of nitrogens with zero attached hydrogens (tertiary/aromatic N) is 1. The van der Waals surface area contributed by atoms with E-state index in [9.17, 15) is 14.7 Å². The molecule has 7 nitrogen and oxygen atoms in total. The van der Waals surface area contributed by atoms with E-state index in [0.29, 0.717) is 19.4 Å². The molecule has 7 heteroatoms. The zero-order valence-corrected chi connectivity index (χ0v) is 14.9. The van der Waals surface area contributed by atoms with Crippen LogP contribution in [-0.2, 0) is 21.0 Å². The minimum absolute atomic E-state index is 0.146. The zero-order chi connectivity index (χ0) is 18.4. The molecule has 0 unspecified atom stereocenters. The summed E-state index contributed by atoms with van der Waals surface area (Å²) in [4.78, 5) is 30.6. The quantitative estimate of drug-likeness (QED) is 0.794. The maximum atomic E-state index is 12.3. The van der Waals surface area contributed by atoms with Gasteiger partial charge in [-0.05, 0) is 39.2 Å². The van der Waals surface area contributed by atoms with E-state index in [1.54, 1.807) is 20.8 Å². The number of rotatable bonds is 5. The first-order valence-electron chi connectivity index (χ1n) is 8.40. The normalized spacial score (nSPS) is 21.0. The van der Waals surface area contributed by atoms with Gasteiger partial charge in [0.25, 0.3) is 0 Å². The lowest BCUT2D eigenvalue weighted by Crippen LogP contribution is -2.56. The van der Waals surface area contributed by atoms with Crippen LogP contribution < -0.4 is 5.48 Å². The monoisotopic (exact) mass is 350 g/mol. The number of carbonyl (C=O) groups is 2. The summed E-state index contributed by atoms with van der Waals surface area (Å²) >= 11 is 0. The smallest absolute Gasteiger partial charge is 0.411 e. The second-order valence-corrected chi connectivity index (χ2v) is 7.15. The number of piperidine rings is 1. The Hall–Kier alpha value is -2.12. The first-order chi connectivity index (χ1) is 11.8. The molecule has 1 aliphatic heterocycles. The zero-order valence-electron chi connectivity index (χ0n) is 14.9. The van der Waals surface area contributed by atoms with Gasteiger partial charge in [0.15, 0.2) is 0 Å². The van der Waals surface area contributed by atoms with Gasteiger partial charge in [-0.3, -0.25) is 9.74 Å². The molecule has 25 heavy (non-hydrogen) atoms. The number of ether oxygens (including phenoxy) is 1. The highest BCUT2D eigenvalue weighted by Crippen LogP contribution is 2.21. The summed E-state index contributed by atoms with van der Waals surface area (Å²) < 4.78 is 5.33. The summed E-state index contributed by atoms with van der Waals surface area (Å²) in [6.45, 7) is 5.88. The minimum atomic E-state index is -1.02. The molecule has 2 N–H and O–H groups in total. The molecular formula is C18H26N2O5. The Kier molecular flexibility index (Phi) is 6.39. The molecule has 1 saturated heterocycles. The van der Waals surface area contributed by atoms with E-state index >= 15 is 0 Å². The summed E-state index contributed by atoms with van der Waals surface area (Å²) in [6, 6.07) is 8.69. The highest BCUT2D eigenvalue weighted by molar-refractivity contribution is 5.80. The lowest BCUT2D eigenvalue weighted by molar-refractivity contribution is -0.145. The number of hydrogen-bond acceptors (Lipinski definition) is 5. The maximum absolute atomic E-state index is 12.3. The fourth-order valence-electron chi connectivity index (χ4n) is 2.66. The topological polar surface area (TPSA) is 88.1 Å². The highest BCUT2D eigenvalue weighted by atomic mass is 16.6. The highest BCUT2D eigenvalue weighted by Gasteiger charge is 2.38. The average Bonchev–Trinajstić information content (AvgIpc) is 2.54. The summed E-state index contributed by atoms with van der Waals surface area (Å²) in [7, 11) is 0. The van der Waals surface area contributed by atoms with Crippen molar-refractivity contribution >= 4 is 12.1 Å². The van der Waals surface area contributed by atoms with Crippen molar-refractivity contribution in [2.75, 3.05) is 6.54 Å². The Morgan fingerprint density at radius 3 is 2.52 bits per heavy atom. The van der Waals surface area contributed by atoms with E-state index in [1.807, 2.05) is 30.3 Å². The Morgan fingerprint density at radius 1 is 1.24 bits per heavy atom. The van der Waals surface area contributed by atoms with E-state index in [2.05, 4.69) is 5.48 Å². The maximum Gasteiger partial charge on any atom is 0.411 e. The second-order valence-electron chi connectivity index (χ2n) is 7.15. The molecule has 1 fully saturated rings. The van der Waals surface area contributed by atoms with Gasteiger partial charge in [0.05, 0.1) is 12.6 Å². The minimum Gasteiger partial charge on any atom is -0.480 e. The second kappa shape index (κ2) is 8.31. The van der Waals surface area contributed by atoms with Gasteiger partial charge in [0.2, 0.25) is 0 Å². The number of likely N-dealkylation sites (tertiary alicyclic amines) is 1. The Morgan fingerprint density at radius 2 is 1.92 bits per heavy atom. The first kappa shape index (κ1) is 19.2. The molecule has 0 spiro atoms. The molecule has 0 bridgehead atoms. The third-order valence-corrected chi connectivity index (χ3v) is 3.83. The van der Waals surface area contributed by atoms with Gasteiger partial charge in [-0.1, -0.05) is 30.3 Å². The van der Waals surface area contributed by atoms with Gasteiger partial charge in [-0.2, -0.15) is 5.48 Å². The molecular weight excluding hydrogens is 324 g/mol. The average molecular weight is 350 g/mol. The van der Waals surface area contributed by atoms with Crippen LogP contribution in [0.1, 0.15) is 39.2 Å². The van der Waals surface area contributed by atoms with Crippen LogP contribution >= 0.6 is 0 Å². The molecule has 1 aromatic rings. The van der Waals surface area contributed by atoms with Crippen LogP contribution in [0.2, 0.25) is 0 Å². The fourth-order valence-corrected chi connectivity index (χ4v) is 2.66. The largest absolute Gasteiger partial charge is 0.480 e. The fraction of sp³-hybridized carbons (Fsp3) is 0.556. The number of benzene rings is 1. The van der Waals surface area contributed by atoms with Crippen LogP contribution in [0.5, 0.6) is 0 Å². The number of aliphatic carboxylic acids is 1. The van der Waals surface area contributed by atoms with Gasteiger partial charge in [0, 0.05) is 6.54 Å². The SMILES string of the molecule is CC(C)(C)OC(=O)N1C[C@@H](NOCc2ccccc2)CC[C@@H]1C(=O)O. The molecule has 0 aromatic heterocycles. The van der Waals surface area contributed by atoms with Crippen LogP contribution in [0, 0.1) is 0 Å². The van der Waals surface area contributed by atoms with Gasteiger partial charge in [0.1, 0.15) is 11.6 Å².